The molecular weight excluding hydrogens is 242 g/mol. The van der Waals surface area contributed by atoms with Gasteiger partial charge in [0.2, 0.25) is 0 Å². The maximum absolute atomic E-state index is 5.85. The lowest BCUT2D eigenvalue weighted by Gasteiger charge is -2.07. The largest absolute Gasteiger partial charge is 0.370 e. The maximum atomic E-state index is 5.85. The van der Waals surface area contributed by atoms with E-state index in [0.29, 0.717) is 12.5 Å². The second-order valence-corrected chi connectivity index (χ2v) is 5.24. The molecule has 0 radical (unpaired) electrons. The third-order valence-electron chi connectivity index (χ3n) is 2.76. The van der Waals surface area contributed by atoms with Gasteiger partial charge in [0.1, 0.15) is 0 Å². The monoisotopic (exact) mass is 259 g/mol. The number of nitrogens with zero attached hydrogens (tertiary/aromatic N) is 1. The first kappa shape index (κ1) is 12.6. The SMILES string of the molecule is Cc1ccc(NC(N)=NCc2cccs2)cc1C. The van der Waals surface area contributed by atoms with Crippen molar-refractivity contribution in [3.8, 4) is 0 Å². The molecule has 0 fully saturated rings. The number of guanidine groups is 1. The summed E-state index contributed by atoms with van der Waals surface area (Å²) in [6.45, 7) is 4.80. The lowest BCUT2D eigenvalue weighted by Crippen LogP contribution is -2.22. The summed E-state index contributed by atoms with van der Waals surface area (Å²) in [6, 6.07) is 10.2. The molecule has 0 aliphatic carbocycles. The van der Waals surface area contributed by atoms with Crippen LogP contribution in [-0.4, -0.2) is 5.96 Å². The molecule has 2 rings (SSSR count). The first-order chi connectivity index (χ1) is 8.65. The number of benzene rings is 1. The second kappa shape index (κ2) is 5.69. The minimum atomic E-state index is 0.451. The van der Waals surface area contributed by atoms with E-state index in [0.717, 1.165) is 5.69 Å². The molecule has 18 heavy (non-hydrogen) atoms. The summed E-state index contributed by atoms with van der Waals surface area (Å²) in [5.41, 5.74) is 9.35. The fraction of sp³-hybridized carbons (Fsp3) is 0.214. The van der Waals surface area contributed by atoms with E-state index >= 15 is 0 Å². The van der Waals surface area contributed by atoms with Gasteiger partial charge in [0, 0.05) is 10.6 Å². The van der Waals surface area contributed by atoms with Crippen LogP contribution in [0.1, 0.15) is 16.0 Å². The highest BCUT2D eigenvalue weighted by atomic mass is 32.1. The average molecular weight is 259 g/mol. The van der Waals surface area contributed by atoms with Crippen molar-refractivity contribution in [3.63, 3.8) is 0 Å². The summed E-state index contributed by atoms with van der Waals surface area (Å²) in [6.07, 6.45) is 0. The second-order valence-electron chi connectivity index (χ2n) is 4.20. The van der Waals surface area contributed by atoms with Gasteiger partial charge in [-0.1, -0.05) is 12.1 Å². The molecule has 0 unspecified atom stereocenters. The van der Waals surface area contributed by atoms with Crippen molar-refractivity contribution in [2.75, 3.05) is 5.32 Å². The summed E-state index contributed by atoms with van der Waals surface area (Å²) in [5.74, 6) is 0.451. The normalized spacial score (nSPS) is 11.6. The Bertz CT molecular complexity index is 544. The maximum Gasteiger partial charge on any atom is 0.193 e. The molecule has 0 spiro atoms. The standard InChI is InChI=1S/C14H17N3S/c1-10-5-6-12(8-11(10)2)17-14(15)16-9-13-4-3-7-18-13/h3-8H,9H2,1-2H3,(H3,15,16,17). The topological polar surface area (TPSA) is 50.4 Å². The van der Waals surface area contributed by atoms with Crippen molar-refractivity contribution < 1.29 is 0 Å². The molecule has 0 saturated heterocycles. The van der Waals surface area contributed by atoms with Gasteiger partial charge < -0.3 is 11.1 Å². The Kier molecular flexibility index (Phi) is 3.99. The molecule has 4 heteroatoms. The molecule has 1 heterocycles. The molecule has 0 saturated carbocycles. The van der Waals surface area contributed by atoms with Crippen LogP contribution in [0, 0.1) is 13.8 Å². The van der Waals surface area contributed by atoms with Crippen LogP contribution >= 0.6 is 11.3 Å². The summed E-state index contributed by atoms with van der Waals surface area (Å²) in [4.78, 5) is 5.52. The van der Waals surface area contributed by atoms with Crippen LogP contribution < -0.4 is 11.1 Å². The van der Waals surface area contributed by atoms with Crippen molar-refractivity contribution >= 4 is 23.0 Å². The quantitative estimate of drug-likeness (QED) is 0.656. The van der Waals surface area contributed by atoms with Gasteiger partial charge in [0.25, 0.3) is 0 Å². The first-order valence-corrected chi connectivity index (χ1v) is 6.69. The molecule has 1 aromatic carbocycles. The number of hydrogen-bond acceptors (Lipinski definition) is 2. The van der Waals surface area contributed by atoms with E-state index in [4.69, 9.17) is 5.73 Å². The smallest absolute Gasteiger partial charge is 0.193 e. The molecule has 2 aromatic rings. The zero-order valence-corrected chi connectivity index (χ0v) is 11.4. The number of aryl methyl sites for hydroxylation is 2. The zero-order valence-electron chi connectivity index (χ0n) is 10.6. The molecule has 0 atom stereocenters. The molecular formula is C14H17N3S. The van der Waals surface area contributed by atoms with Gasteiger partial charge in [0.15, 0.2) is 5.96 Å². The van der Waals surface area contributed by atoms with Crippen LogP contribution in [0.2, 0.25) is 0 Å². The van der Waals surface area contributed by atoms with E-state index in [9.17, 15) is 0 Å². The molecule has 0 bridgehead atoms. The Hall–Kier alpha value is -1.81. The van der Waals surface area contributed by atoms with Gasteiger partial charge in [-0.3, -0.25) is 0 Å². The molecule has 3 N–H and O–H groups in total. The highest BCUT2D eigenvalue weighted by Gasteiger charge is 1.98. The van der Waals surface area contributed by atoms with E-state index in [-0.39, 0.29) is 0 Å². The van der Waals surface area contributed by atoms with Crippen LogP contribution in [0.4, 0.5) is 5.69 Å². The Labute approximate surface area is 111 Å². The number of nitrogens with two attached hydrogens (primary N) is 1. The Balaban J connectivity index is 1.99. The lowest BCUT2D eigenvalue weighted by molar-refractivity contribution is 1.09. The molecule has 94 valence electrons. The number of aliphatic imine (C=N–C) groups is 1. The summed E-state index contributed by atoms with van der Waals surface area (Å²) in [5, 5.41) is 5.14. The summed E-state index contributed by atoms with van der Waals surface area (Å²) in [7, 11) is 0. The minimum absolute atomic E-state index is 0.451. The van der Waals surface area contributed by atoms with Crippen LogP contribution in [0.5, 0.6) is 0 Å². The molecule has 0 aliphatic heterocycles. The van der Waals surface area contributed by atoms with Gasteiger partial charge in [-0.25, -0.2) is 4.99 Å². The predicted molar refractivity (Wildman–Crippen MR) is 79.2 cm³/mol. The number of anilines is 1. The Morgan fingerprint density at radius 3 is 2.78 bits per heavy atom. The lowest BCUT2D eigenvalue weighted by atomic mass is 10.1. The Morgan fingerprint density at radius 1 is 1.28 bits per heavy atom. The number of nitrogens with one attached hydrogen (secondary N) is 1. The van der Waals surface area contributed by atoms with E-state index in [1.807, 2.05) is 17.5 Å². The Morgan fingerprint density at radius 2 is 2.11 bits per heavy atom. The van der Waals surface area contributed by atoms with Crippen molar-refractivity contribution in [2.24, 2.45) is 10.7 Å². The number of thiophene rings is 1. The molecule has 0 aliphatic rings. The highest BCUT2D eigenvalue weighted by Crippen LogP contribution is 2.14. The third kappa shape index (κ3) is 3.34. The van der Waals surface area contributed by atoms with E-state index < -0.39 is 0 Å². The van der Waals surface area contributed by atoms with Crippen LogP contribution in [0.25, 0.3) is 0 Å². The van der Waals surface area contributed by atoms with Gasteiger partial charge >= 0.3 is 0 Å². The number of rotatable bonds is 3. The van der Waals surface area contributed by atoms with Crippen molar-refractivity contribution in [3.05, 3.63) is 51.7 Å². The van der Waals surface area contributed by atoms with E-state index in [1.54, 1.807) is 11.3 Å². The zero-order chi connectivity index (χ0) is 13.0. The molecule has 1 aromatic heterocycles. The van der Waals surface area contributed by atoms with E-state index in [1.165, 1.54) is 16.0 Å². The first-order valence-electron chi connectivity index (χ1n) is 5.82. The van der Waals surface area contributed by atoms with Crippen LogP contribution in [0.3, 0.4) is 0 Å². The predicted octanol–water partition coefficient (Wildman–Crippen LogP) is 3.29. The van der Waals surface area contributed by atoms with Crippen LogP contribution in [0.15, 0.2) is 40.7 Å². The van der Waals surface area contributed by atoms with Gasteiger partial charge in [-0.2, -0.15) is 0 Å². The minimum Gasteiger partial charge on any atom is -0.370 e. The fourth-order valence-electron chi connectivity index (χ4n) is 1.57. The highest BCUT2D eigenvalue weighted by molar-refractivity contribution is 7.09. The summed E-state index contributed by atoms with van der Waals surface area (Å²) >= 11 is 1.69. The van der Waals surface area contributed by atoms with Crippen molar-refractivity contribution in [2.45, 2.75) is 20.4 Å². The average Bonchev–Trinajstić information content (AvgIpc) is 2.84. The van der Waals surface area contributed by atoms with Gasteiger partial charge in [-0.15, -0.1) is 11.3 Å². The van der Waals surface area contributed by atoms with E-state index in [2.05, 4.69) is 42.4 Å². The van der Waals surface area contributed by atoms with Gasteiger partial charge in [0.05, 0.1) is 6.54 Å². The van der Waals surface area contributed by atoms with Crippen molar-refractivity contribution in [1.82, 2.24) is 0 Å². The fourth-order valence-corrected chi connectivity index (χ4v) is 2.20. The van der Waals surface area contributed by atoms with Crippen molar-refractivity contribution in [1.29, 1.82) is 0 Å². The number of hydrogen-bond donors (Lipinski definition) is 2. The summed E-state index contributed by atoms with van der Waals surface area (Å²) < 4.78 is 0. The van der Waals surface area contributed by atoms with Crippen LogP contribution in [-0.2, 0) is 6.54 Å². The molecule has 0 amide bonds. The molecule has 3 nitrogen and oxygen atoms in total. The van der Waals surface area contributed by atoms with Gasteiger partial charge in [-0.05, 0) is 48.6 Å². The third-order valence-corrected chi connectivity index (χ3v) is 3.63.